The minimum atomic E-state index is -3.70. The maximum atomic E-state index is 12.7. The molecule has 0 aliphatic rings. The number of rotatable bonds is 4. The van der Waals surface area contributed by atoms with Crippen molar-refractivity contribution in [2.24, 2.45) is 0 Å². The van der Waals surface area contributed by atoms with Crippen molar-refractivity contribution in [1.29, 1.82) is 0 Å². The van der Waals surface area contributed by atoms with Crippen LogP contribution >= 0.6 is 22.6 Å². The van der Waals surface area contributed by atoms with Crippen molar-refractivity contribution in [2.45, 2.75) is 25.7 Å². The Balaban J connectivity index is 2.39. The maximum absolute atomic E-state index is 12.7. The van der Waals surface area contributed by atoms with Gasteiger partial charge in [0.1, 0.15) is 0 Å². The van der Waals surface area contributed by atoms with E-state index in [1.165, 1.54) is 6.92 Å². The first-order chi connectivity index (χ1) is 10.7. The van der Waals surface area contributed by atoms with Gasteiger partial charge in [0.15, 0.2) is 0 Å². The third kappa shape index (κ3) is 4.44. The molecule has 2 aromatic rings. The molecule has 23 heavy (non-hydrogen) atoms. The van der Waals surface area contributed by atoms with E-state index in [-0.39, 0.29) is 10.8 Å². The minimum Gasteiger partial charge on any atom is -0.326 e. The SMILES string of the molecule is CC(=O)Nc1cc(C)c(S(=O)(=O)Nc2ccc(I)cc2)c(C)c1. The molecule has 0 fully saturated rings. The Morgan fingerprint density at radius 2 is 1.52 bits per heavy atom. The second kappa shape index (κ2) is 6.88. The van der Waals surface area contributed by atoms with Crippen LogP contribution < -0.4 is 10.0 Å². The Hall–Kier alpha value is -1.61. The van der Waals surface area contributed by atoms with Crippen LogP contribution in [0.5, 0.6) is 0 Å². The Kier molecular flexibility index (Phi) is 5.30. The molecule has 0 bridgehead atoms. The van der Waals surface area contributed by atoms with Gasteiger partial charge in [0.05, 0.1) is 4.90 Å². The summed E-state index contributed by atoms with van der Waals surface area (Å²) in [6, 6.07) is 10.4. The van der Waals surface area contributed by atoms with E-state index in [9.17, 15) is 13.2 Å². The lowest BCUT2D eigenvalue weighted by atomic mass is 10.1. The molecular weight excluding hydrogens is 427 g/mol. The second-order valence-corrected chi connectivity index (χ2v) is 8.10. The number of nitrogens with one attached hydrogen (secondary N) is 2. The molecule has 0 heterocycles. The highest BCUT2D eigenvalue weighted by molar-refractivity contribution is 14.1. The summed E-state index contributed by atoms with van der Waals surface area (Å²) in [4.78, 5) is 11.4. The summed E-state index contributed by atoms with van der Waals surface area (Å²) < 4.78 is 28.9. The van der Waals surface area contributed by atoms with Gasteiger partial charge in [0.25, 0.3) is 10.0 Å². The first kappa shape index (κ1) is 17.7. The molecule has 2 aromatic carbocycles. The van der Waals surface area contributed by atoms with E-state index < -0.39 is 10.0 Å². The molecule has 0 aromatic heterocycles. The summed E-state index contributed by atoms with van der Waals surface area (Å²) in [5.41, 5.74) is 2.24. The Bertz CT molecular complexity index is 823. The van der Waals surface area contributed by atoms with Crippen molar-refractivity contribution >= 4 is 49.9 Å². The number of carbonyl (C=O) groups is 1. The fourth-order valence-corrected chi connectivity index (χ4v) is 4.25. The molecule has 0 atom stereocenters. The van der Waals surface area contributed by atoms with Gasteiger partial charge in [-0.3, -0.25) is 9.52 Å². The number of aryl methyl sites for hydroxylation is 2. The van der Waals surface area contributed by atoms with Crippen molar-refractivity contribution in [2.75, 3.05) is 10.0 Å². The highest BCUT2D eigenvalue weighted by Crippen LogP contribution is 2.26. The number of sulfonamides is 1. The zero-order chi connectivity index (χ0) is 17.2. The number of halogens is 1. The molecule has 0 aliphatic heterocycles. The number of anilines is 2. The lowest BCUT2D eigenvalue weighted by molar-refractivity contribution is -0.114. The molecule has 0 aliphatic carbocycles. The molecule has 2 rings (SSSR count). The summed E-state index contributed by atoms with van der Waals surface area (Å²) in [6.07, 6.45) is 0. The van der Waals surface area contributed by atoms with E-state index in [0.717, 1.165) is 3.57 Å². The Morgan fingerprint density at radius 1 is 1.00 bits per heavy atom. The molecule has 0 radical (unpaired) electrons. The third-order valence-corrected chi connectivity index (χ3v) is 5.55. The maximum Gasteiger partial charge on any atom is 0.262 e. The van der Waals surface area contributed by atoms with Gasteiger partial charge in [0.2, 0.25) is 5.91 Å². The Morgan fingerprint density at radius 3 is 2.00 bits per heavy atom. The number of amides is 1. The molecule has 0 unspecified atom stereocenters. The van der Waals surface area contributed by atoms with Gasteiger partial charge in [-0.25, -0.2) is 8.42 Å². The molecule has 0 saturated heterocycles. The molecule has 0 spiro atoms. The van der Waals surface area contributed by atoms with Gasteiger partial charge >= 0.3 is 0 Å². The van der Waals surface area contributed by atoms with Crippen LogP contribution in [0.1, 0.15) is 18.1 Å². The van der Waals surface area contributed by atoms with Crippen LogP contribution in [0.4, 0.5) is 11.4 Å². The third-order valence-electron chi connectivity index (χ3n) is 3.15. The van der Waals surface area contributed by atoms with Crippen molar-refractivity contribution < 1.29 is 13.2 Å². The molecule has 1 amide bonds. The van der Waals surface area contributed by atoms with E-state index in [2.05, 4.69) is 32.6 Å². The van der Waals surface area contributed by atoms with E-state index >= 15 is 0 Å². The fraction of sp³-hybridized carbons (Fsp3) is 0.188. The average Bonchev–Trinajstić information content (AvgIpc) is 2.39. The lowest BCUT2D eigenvalue weighted by Crippen LogP contribution is -2.16. The van der Waals surface area contributed by atoms with E-state index in [1.807, 2.05) is 12.1 Å². The summed E-state index contributed by atoms with van der Waals surface area (Å²) >= 11 is 2.16. The number of hydrogen-bond donors (Lipinski definition) is 2. The van der Waals surface area contributed by atoms with Gasteiger partial charge in [-0.15, -0.1) is 0 Å². The fourth-order valence-electron chi connectivity index (χ4n) is 2.37. The highest BCUT2D eigenvalue weighted by Gasteiger charge is 2.20. The largest absolute Gasteiger partial charge is 0.326 e. The summed E-state index contributed by atoms with van der Waals surface area (Å²) in [6.45, 7) is 4.83. The molecule has 2 N–H and O–H groups in total. The zero-order valence-corrected chi connectivity index (χ0v) is 15.9. The average molecular weight is 444 g/mol. The van der Waals surface area contributed by atoms with Crippen molar-refractivity contribution in [1.82, 2.24) is 0 Å². The molecule has 0 saturated carbocycles. The van der Waals surface area contributed by atoms with Gasteiger partial charge in [-0.05, 0) is 84.0 Å². The molecule has 122 valence electrons. The topological polar surface area (TPSA) is 75.3 Å². The van der Waals surface area contributed by atoms with Crippen molar-refractivity contribution in [3.05, 3.63) is 51.1 Å². The predicted octanol–water partition coefficient (Wildman–Crippen LogP) is 3.67. The highest BCUT2D eigenvalue weighted by atomic mass is 127. The smallest absolute Gasteiger partial charge is 0.262 e. The summed E-state index contributed by atoms with van der Waals surface area (Å²) in [7, 11) is -3.70. The number of carbonyl (C=O) groups excluding carboxylic acids is 1. The van der Waals surface area contributed by atoms with Crippen molar-refractivity contribution in [3.8, 4) is 0 Å². The predicted molar refractivity (Wildman–Crippen MR) is 100 cm³/mol. The van der Waals surface area contributed by atoms with Crippen LogP contribution in [-0.4, -0.2) is 14.3 Å². The van der Waals surface area contributed by atoms with Crippen LogP contribution in [0.15, 0.2) is 41.3 Å². The van der Waals surface area contributed by atoms with Crippen LogP contribution in [0.25, 0.3) is 0 Å². The summed E-state index contributed by atoms with van der Waals surface area (Å²) in [5.74, 6) is -0.198. The van der Waals surface area contributed by atoms with Crippen LogP contribution in [0, 0.1) is 17.4 Å². The minimum absolute atomic E-state index is 0.198. The number of benzene rings is 2. The van der Waals surface area contributed by atoms with E-state index in [4.69, 9.17) is 0 Å². The van der Waals surface area contributed by atoms with Gasteiger partial charge in [-0.2, -0.15) is 0 Å². The van der Waals surface area contributed by atoms with E-state index in [0.29, 0.717) is 22.5 Å². The van der Waals surface area contributed by atoms with E-state index in [1.54, 1.807) is 38.1 Å². The number of hydrogen-bond acceptors (Lipinski definition) is 3. The molecule has 7 heteroatoms. The normalized spacial score (nSPS) is 11.1. The lowest BCUT2D eigenvalue weighted by Gasteiger charge is -2.15. The molecule has 5 nitrogen and oxygen atoms in total. The van der Waals surface area contributed by atoms with Gasteiger partial charge in [0, 0.05) is 21.9 Å². The van der Waals surface area contributed by atoms with Crippen LogP contribution in [0.3, 0.4) is 0 Å². The summed E-state index contributed by atoms with van der Waals surface area (Å²) in [5, 5.41) is 2.67. The van der Waals surface area contributed by atoms with Gasteiger partial charge in [-0.1, -0.05) is 0 Å². The molecular formula is C16H17IN2O3S. The van der Waals surface area contributed by atoms with Gasteiger partial charge < -0.3 is 5.32 Å². The second-order valence-electron chi connectivity index (χ2n) is 5.23. The van der Waals surface area contributed by atoms with Crippen LogP contribution in [-0.2, 0) is 14.8 Å². The first-order valence-electron chi connectivity index (χ1n) is 6.86. The standard InChI is InChI=1S/C16H17IN2O3S/c1-10-8-15(18-12(3)20)9-11(2)16(10)23(21,22)19-14-6-4-13(17)5-7-14/h4-9,19H,1-3H3,(H,18,20). The quantitative estimate of drug-likeness (QED) is 0.707. The zero-order valence-electron chi connectivity index (χ0n) is 13.0. The first-order valence-corrected chi connectivity index (χ1v) is 9.42. The Labute approximate surface area is 149 Å². The van der Waals surface area contributed by atoms with Crippen LogP contribution in [0.2, 0.25) is 0 Å². The van der Waals surface area contributed by atoms with Crippen molar-refractivity contribution in [3.63, 3.8) is 0 Å². The monoisotopic (exact) mass is 444 g/mol.